The molecule has 0 aliphatic carbocycles. The molecule has 1 aliphatic rings. The van der Waals surface area contributed by atoms with E-state index in [9.17, 15) is 31.2 Å². The Hall–Kier alpha value is -4.87. The fourth-order valence-electron chi connectivity index (χ4n) is 4.54. The third kappa shape index (κ3) is 7.44. The third-order valence-corrected chi connectivity index (χ3v) is 8.28. The monoisotopic (exact) mass is 654 g/mol. The quantitative estimate of drug-likeness (QED) is 0.199. The minimum absolute atomic E-state index is 0.151. The molecule has 1 aliphatic heterocycles. The number of aromatic nitrogens is 4. The summed E-state index contributed by atoms with van der Waals surface area (Å²) in [6.45, 7) is 3.84. The van der Waals surface area contributed by atoms with Crippen LogP contribution in [0.2, 0.25) is 0 Å². The number of rotatable bonds is 10. The largest absolute Gasteiger partial charge is 0.511 e. The Morgan fingerprint density at radius 3 is 2.33 bits per heavy atom. The molecule has 1 saturated heterocycles. The number of ether oxygens (including phenoxy) is 2. The second-order valence-corrected chi connectivity index (χ2v) is 11.7. The van der Waals surface area contributed by atoms with Gasteiger partial charge in [0.2, 0.25) is 5.91 Å². The van der Waals surface area contributed by atoms with Gasteiger partial charge in [-0.05, 0) is 57.0 Å². The lowest BCUT2D eigenvalue weighted by molar-refractivity contribution is -0.141. The van der Waals surface area contributed by atoms with Gasteiger partial charge in [-0.25, -0.2) is 22.6 Å². The summed E-state index contributed by atoms with van der Waals surface area (Å²) in [6, 6.07) is 12.8. The fraction of sp³-hybridized carbons (Fsp3) is 0.370. The maximum absolute atomic E-state index is 13.5. The number of alkyl halides is 3. The number of benzene rings is 2. The number of aryl methyl sites for hydroxylation is 1. The van der Waals surface area contributed by atoms with Gasteiger partial charge in [0, 0.05) is 29.5 Å². The molecule has 3 heterocycles. The lowest BCUT2D eigenvalue weighted by Gasteiger charge is -2.28. The number of halogens is 3. The molecule has 0 bridgehead atoms. The first-order valence-electron chi connectivity index (χ1n) is 13.7. The van der Waals surface area contributed by atoms with Crippen molar-refractivity contribution in [2.75, 3.05) is 31.5 Å². The van der Waals surface area contributed by atoms with Gasteiger partial charge >= 0.3 is 12.3 Å². The number of piperidine rings is 1. The van der Waals surface area contributed by atoms with Crippen LogP contribution in [0.15, 0.2) is 64.1 Å². The molecule has 0 atom stereocenters. The van der Waals surface area contributed by atoms with Crippen molar-refractivity contribution >= 4 is 22.1 Å². The molecular weight excluding hydrogens is 625 g/mol. The van der Waals surface area contributed by atoms with Gasteiger partial charge in [-0.3, -0.25) is 9.80 Å². The van der Waals surface area contributed by atoms with Gasteiger partial charge in [0.1, 0.15) is 5.02 Å². The van der Waals surface area contributed by atoms with Gasteiger partial charge in [-0.1, -0.05) is 29.8 Å². The molecule has 1 fully saturated rings. The van der Waals surface area contributed by atoms with E-state index < -0.39 is 46.7 Å². The first-order chi connectivity index (χ1) is 21.4. The minimum atomic E-state index is -4.69. The molecule has 1 N–H and O–H groups in total. The number of nitrogens with zero attached hydrogens (tertiary/aromatic N) is 5. The van der Waals surface area contributed by atoms with Crippen LogP contribution < -0.4 is 14.6 Å². The first-order valence-corrected chi connectivity index (χ1v) is 15.2. The number of amides is 1. The van der Waals surface area contributed by atoms with Gasteiger partial charge in [0.05, 0.1) is 22.9 Å². The summed E-state index contributed by atoms with van der Waals surface area (Å²) >= 11 is 0. The van der Waals surface area contributed by atoms with Gasteiger partial charge in [0.15, 0.2) is 5.69 Å². The van der Waals surface area contributed by atoms with Crippen molar-refractivity contribution in [1.29, 1.82) is 0 Å². The zero-order valence-corrected chi connectivity index (χ0v) is 24.9. The maximum atomic E-state index is 13.5. The third-order valence-electron chi connectivity index (χ3n) is 6.92. The van der Waals surface area contributed by atoms with E-state index in [0.29, 0.717) is 31.5 Å². The number of hydrogen-bond acceptors (Lipinski definition) is 10. The Bertz CT molecular complexity index is 1730. The highest BCUT2D eigenvalue weighted by Crippen LogP contribution is 2.33. The molecule has 2 aromatic heterocycles. The molecule has 0 radical (unpaired) electrons. The van der Waals surface area contributed by atoms with Crippen LogP contribution in [0.1, 0.15) is 31.0 Å². The number of nitrogens with one attached hydrogen (secondary N) is 1. The van der Waals surface area contributed by atoms with Crippen molar-refractivity contribution in [3.63, 3.8) is 0 Å². The number of carbonyl (C=O) groups excluding carboxylic acids is 2. The van der Waals surface area contributed by atoms with E-state index in [1.807, 2.05) is 6.92 Å². The van der Waals surface area contributed by atoms with Crippen LogP contribution in [0, 0.1) is 12.8 Å². The van der Waals surface area contributed by atoms with Gasteiger partial charge in [0.25, 0.3) is 16.8 Å². The van der Waals surface area contributed by atoms with Crippen molar-refractivity contribution in [1.82, 2.24) is 24.5 Å². The Labute approximate surface area is 254 Å². The molecule has 5 rings (SSSR count). The van der Waals surface area contributed by atoms with E-state index in [-0.39, 0.29) is 22.9 Å². The summed E-state index contributed by atoms with van der Waals surface area (Å²) in [5.41, 5.74) is 0.689. The summed E-state index contributed by atoms with van der Waals surface area (Å²) < 4.78 is 84.1. The number of carbonyl (C=O) groups is 2. The topological polar surface area (TPSA) is 152 Å². The van der Waals surface area contributed by atoms with Crippen LogP contribution in [0.3, 0.4) is 0 Å². The Morgan fingerprint density at radius 1 is 1.04 bits per heavy atom. The summed E-state index contributed by atoms with van der Waals surface area (Å²) in [7, 11) is -4.28. The Morgan fingerprint density at radius 2 is 1.71 bits per heavy atom. The second-order valence-electron chi connectivity index (χ2n) is 10.0. The normalized spacial score (nSPS) is 14.4. The van der Waals surface area contributed by atoms with Crippen molar-refractivity contribution < 1.29 is 50.1 Å². The van der Waals surface area contributed by atoms with Crippen LogP contribution in [0.5, 0.6) is 0 Å². The van der Waals surface area contributed by atoms with Crippen molar-refractivity contribution in [3.8, 4) is 16.9 Å². The van der Waals surface area contributed by atoms with E-state index in [1.165, 1.54) is 29.2 Å². The summed E-state index contributed by atoms with van der Waals surface area (Å²) in [5.74, 6) is -1.30. The number of hydrogen-bond donors (Lipinski definition) is 1. The highest BCUT2D eigenvalue weighted by atomic mass is 32.2. The summed E-state index contributed by atoms with van der Waals surface area (Å²) in [5, 5.41) is 6.39. The molecule has 242 valence electrons. The summed E-state index contributed by atoms with van der Waals surface area (Å²) in [4.78, 5) is 30.1. The predicted molar refractivity (Wildman–Crippen MR) is 149 cm³/mol. The molecule has 18 heteroatoms. The second kappa shape index (κ2) is 12.6. The maximum Gasteiger partial charge on any atom is 0.511 e. The van der Waals surface area contributed by atoms with Crippen molar-refractivity contribution in [2.45, 2.75) is 37.8 Å². The zero-order valence-electron chi connectivity index (χ0n) is 24.1. The van der Waals surface area contributed by atoms with Crippen LogP contribution in [0.4, 0.5) is 18.0 Å². The average molecular weight is 655 g/mol. The zero-order chi connectivity index (χ0) is 32.4. The average Bonchev–Trinajstić information content (AvgIpc) is 3.62. The summed E-state index contributed by atoms with van der Waals surface area (Å²) in [6.07, 6.45) is -4.98. The molecule has 45 heavy (non-hydrogen) atoms. The van der Waals surface area contributed by atoms with Crippen LogP contribution in [-0.2, 0) is 30.5 Å². The number of sulfonamides is 1. The van der Waals surface area contributed by atoms with Gasteiger partial charge < -0.3 is 14.3 Å². The lowest BCUT2D eigenvalue weighted by Crippen LogP contribution is -2.45. The van der Waals surface area contributed by atoms with Crippen LogP contribution in [-0.4, -0.2) is 66.7 Å². The molecular formula is C27H29F3N6O8S. The fourth-order valence-corrected chi connectivity index (χ4v) is 5.58. The van der Waals surface area contributed by atoms with Crippen molar-refractivity contribution in [2.24, 2.45) is 5.92 Å². The highest BCUT2D eigenvalue weighted by molar-refractivity contribution is 7.90. The van der Waals surface area contributed by atoms with Crippen LogP contribution >= 0.6 is 0 Å². The molecule has 14 nitrogen and oxygen atoms in total. The van der Waals surface area contributed by atoms with Crippen LogP contribution in [0.25, 0.3) is 16.9 Å². The van der Waals surface area contributed by atoms with Gasteiger partial charge in [-0.15, -0.1) is 0 Å². The molecule has 0 saturated carbocycles. The molecule has 4 aromatic rings. The van der Waals surface area contributed by atoms with E-state index >= 15 is 0 Å². The van der Waals surface area contributed by atoms with E-state index in [4.69, 9.17) is 9.47 Å². The molecule has 1 amide bonds. The van der Waals surface area contributed by atoms with E-state index in [2.05, 4.69) is 19.3 Å². The van der Waals surface area contributed by atoms with Gasteiger partial charge in [-0.2, -0.15) is 22.9 Å². The van der Waals surface area contributed by atoms with E-state index in [0.717, 1.165) is 21.3 Å². The molecule has 2 aromatic carbocycles. The Balaban J connectivity index is 1.19. The van der Waals surface area contributed by atoms with Crippen molar-refractivity contribution in [3.05, 3.63) is 65.9 Å². The van der Waals surface area contributed by atoms with E-state index in [1.54, 1.807) is 36.2 Å². The minimum Gasteiger partial charge on any atom is -0.435 e. The highest BCUT2D eigenvalue weighted by Gasteiger charge is 2.36. The molecule has 0 spiro atoms. The lowest BCUT2D eigenvalue weighted by atomic mass is 9.97. The SMILES string of the molecule is CCOC(=O)OCOn1on1N1CCC(C(=O)NS(=O)(=O)c2ccc(-n3nc(C(F)(F)F)cc3-c3ccc(C)cc3)cc2)CC1. The first kappa shape index (κ1) is 31.6. The Kier molecular flexibility index (Phi) is 8.85. The smallest absolute Gasteiger partial charge is 0.435 e. The predicted octanol–water partition coefficient (Wildman–Crippen LogP) is 3.47. The molecule has 0 unspecified atom stereocenters. The standard InChI is InChI=1S/C27H29F3N6O8S/c1-3-41-26(38)42-17-43-36-35(44-36)33-14-12-20(13-15-33)25(37)32-45(39,40)22-10-8-21(9-11-22)34-23(16-24(31-34)27(28,29)30)19-6-4-18(2)5-7-19/h4-11,16,20H,3,12-15,17H2,1-2H3,(H,32,37).